The minimum atomic E-state index is 0.354. The van der Waals surface area contributed by atoms with Gasteiger partial charge in [0, 0.05) is 12.3 Å². The highest BCUT2D eigenvalue weighted by Gasteiger charge is 2.54. The molecule has 4 saturated carbocycles. The molecule has 4 fully saturated rings. The number of carbonyl (C=O) groups is 1. The fourth-order valence-corrected chi connectivity index (χ4v) is 6.85. The van der Waals surface area contributed by atoms with Crippen LogP contribution in [0.1, 0.15) is 71.6 Å². The van der Waals surface area contributed by atoms with E-state index < -0.39 is 0 Å². The molecular weight excluding hydrogens is 244 g/mol. The Kier molecular flexibility index (Phi) is 3.06. The monoisotopic (exact) mass is 274 g/mol. The predicted molar refractivity (Wildman–Crippen MR) is 81.3 cm³/mol. The Morgan fingerprint density at radius 1 is 1.00 bits per heavy atom. The van der Waals surface area contributed by atoms with Gasteiger partial charge in [-0.3, -0.25) is 4.79 Å². The van der Waals surface area contributed by atoms with Gasteiger partial charge in [-0.15, -0.1) is 0 Å². The highest BCUT2D eigenvalue weighted by molar-refractivity contribution is 5.81. The summed E-state index contributed by atoms with van der Waals surface area (Å²) < 4.78 is 0. The van der Waals surface area contributed by atoms with Gasteiger partial charge in [-0.2, -0.15) is 0 Å². The minimum absolute atomic E-state index is 0.354. The molecule has 0 saturated heterocycles. The third-order valence-corrected chi connectivity index (χ3v) is 7.94. The standard InChI is InChI=1S/C19H30O/c1-12-10-16-13(11-18(12)20)5-6-15-14(16)7-9-19(2)8-3-4-17(15)19/h12-17H,3-11H2,1-2H3/t12?,13?,14-,15+,16-,17-,19-/m0/s1. The Hall–Kier alpha value is -0.330. The van der Waals surface area contributed by atoms with Crippen molar-refractivity contribution in [2.24, 2.45) is 40.9 Å². The molecule has 0 spiro atoms. The first-order chi connectivity index (χ1) is 9.58. The largest absolute Gasteiger partial charge is 0.299 e. The molecule has 0 N–H and O–H groups in total. The maximum absolute atomic E-state index is 12.0. The van der Waals surface area contributed by atoms with Crippen LogP contribution in [0.15, 0.2) is 0 Å². The van der Waals surface area contributed by atoms with Crippen molar-refractivity contribution in [1.29, 1.82) is 0 Å². The third kappa shape index (κ3) is 1.84. The minimum Gasteiger partial charge on any atom is -0.299 e. The summed E-state index contributed by atoms with van der Waals surface area (Å²) in [5.41, 5.74) is 0.685. The Bertz CT molecular complexity index is 414. The second kappa shape index (κ2) is 4.58. The van der Waals surface area contributed by atoms with Crippen molar-refractivity contribution in [2.45, 2.75) is 71.6 Å². The number of hydrogen-bond donors (Lipinski definition) is 0. The SMILES string of the molecule is CC1C[C@H]2C(CC[C@@H]3[C@@H]2CC[C@]2(C)CCC[C@@H]32)CC1=O. The molecule has 7 atom stereocenters. The van der Waals surface area contributed by atoms with Crippen molar-refractivity contribution < 1.29 is 4.79 Å². The fraction of sp³-hybridized carbons (Fsp3) is 0.947. The highest BCUT2D eigenvalue weighted by atomic mass is 16.1. The number of rotatable bonds is 0. The quantitative estimate of drug-likeness (QED) is 0.617. The summed E-state index contributed by atoms with van der Waals surface area (Å²) in [6.45, 7) is 4.77. The summed E-state index contributed by atoms with van der Waals surface area (Å²) in [5, 5.41) is 0. The van der Waals surface area contributed by atoms with E-state index in [-0.39, 0.29) is 0 Å². The summed E-state index contributed by atoms with van der Waals surface area (Å²) in [5.74, 6) is 5.57. The van der Waals surface area contributed by atoms with Gasteiger partial charge >= 0.3 is 0 Å². The summed E-state index contributed by atoms with van der Waals surface area (Å²) in [6, 6.07) is 0. The molecule has 0 aromatic rings. The molecule has 0 aromatic carbocycles. The maximum Gasteiger partial charge on any atom is 0.135 e. The summed E-state index contributed by atoms with van der Waals surface area (Å²) in [4.78, 5) is 12.0. The lowest BCUT2D eigenvalue weighted by molar-refractivity contribution is -0.132. The predicted octanol–water partition coefficient (Wildman–Crippen LogP) is 4.84. The van der Waals surface area contributed by atoms with Crippen LogP contribution in [0.4, 0.5) is 0 Å². The second-order valence-electron chi connectivity index (χ2n) is 8.83. The molecule has 1 heteroatoms. The molecule has 0 aliphatic heterocycles. The van der Waals surface area contributed by atoms with Crippen molar-refractivity contribution >= 4 is 5.78 Å². The molecule has 4 aliphatic rings. The molecule has 0 aromatic heterocycles. The van der Waals surface area contributed by atoms with Crippen LogP contribution < -0.4 is 0 Å². The van der Waals surface area contributed by atoms with E-state index in [0.717, 1.165) is 36.0 Å². The van der Waals surface area contributed by atoms with Crippen LogP contribution in [0.3, 0.4) is 0 Å². The molecule has 2 unspecified atom stereocenters. The second-order valence-corrected chi connectivity index (χ2v) is 8.83. The first-order valence-corrected chi connectivity index (χ1v) is 9.11. The average Bonchev–Trinajstić information content (AvgIpc) is 2.82. The first kappa shape index (κ1) is 13.3. The summed E-state index contributed by atoms with van der Waals surface area (Å²) >= 11 is 0. The van der Waals surface area contributed by atoms with E-state index in [1.807, 2.05) is 0 Å². The van der Waals surface area contributed by atoms with Crippen molar-refractivity contribution in [1.82, 2.24) is 0 Å². The van der Waals surface area contributed by atoms with Gasteiger partial charge in [0.15, 0.2) is 0 Å². The van der Waals surface area contributed by atoms with Crippen molar-refractivity contribution in [3.8, 4) is 0 Å². The number of ketones is 1. The van der Waals surface area contributed by atoms with Gasteiger partial charge < -0.3 is 0 Å². The zero-order valence-corrected chi connectivity index (χ0v) is 13.2. The van der Waals surface area contributed by atoms with E-state index in [4.69, 9.17) is 0 Å². The van der Waals surface area contributed by atoms with Crippen LogP contribution >= 0.6 is 0 Å². The van der Waals surface area contributed by atoms with Gasteiger partial charge in [0.05, 0.1) is 0 Å². The Morgan fingerprint density at radius 2 is 1.85 bits per heavy atom. The Labute approximate surface area is 123 Å². The van der Waals surface area contributed by atoms with Crippen LogP contribution in [-0.2, 0) is 4.79 Å². The normalized spacial score (nSPS) is 55.0. The molecular formula is C19H30O. The molecule has 0 heterocycles. The zero-order valence-electron chi connectivity index (χ0n) is 13.2. The van der Waals surface area contributed by atoms with E-state index in [2.05, 4.69) is 13.8 Å². The van der Waals surface area contributed by atoms with E-state index in [9.17, 15) is 4.79 Å². The molecule has 20 heavy (non-hydrogen) atoms. The lowest BCUT2D eigenvalue weighted by Gasteiger charge is -2.55. The van der Waals surface area contributed by atoms with Crippen LogP contribution in [0, 0.1) is 40.9 Å². The third-order valence-electron chi connectivity index (χ3n) is 7.94. The molecule has 112 valence electrons. The Balaban J connectivity index is 1.58. The van der Waals surface area contributed by atoms with Gasteiger partial charge in [0.2, 0.25) is 0 Å². The highest BCUT2D eigenvalue weighted by Crippen LogP contribution is 2.62. The summed E-state index contributed by atoms with van der Waals surface area (Å²) in [6.07, 6.45) is 12.3. The summed E-state index contributed by atoms with van der Waals surface area (Å²) in [7, 11) is 0. The molecule has 4 aliphatic carbocycles. The van der Waals surface area contributed by atoms with Crippen LogP contribution in [0.5, 0.6) is 0 Å². The topological polar surface area (TPSA) is 17.1 Å². The van der Waals surface area contributed by atoms with E-state index in [1.54, 1.807) is 0 Å². The smallest absolute Gasteiger partial charge is 0.135 e. The van der Waals surface area contributed by atoms with Crippen LogP contribution in [0.2, 0.25) is 0 Å². The van der Waals surface area contributed by atoms with Crippen LogP contribution in [-0.4, -0.2) is 5.78 Å². The van der Waals surface area contributed by atoms with Crippen molar-refractivity contribution in [2.75, 3.05) is 0 Å². The van der Waals surface area contributed by atoms with Gasteiger partial charge in [-0.25, -0.2) is 0 Å². The average molecular weight is 274 g/mol. The lowest BCUT2D eigenvalue weighted by Crippen LogP contribution is -2.48. The van der Waals surface area contributed by atoms with Crippen LogP contribution in [0.25, 0.3) is 0 Å². The van der Waals surface area contributed by atoms with Gasteiger partial charge in [-0.05, 0) is 80.0 Å². The fourth-order valence-electron chi connectivity index (χ4n) is 6.85. The number of Topliss-reactive ketones (excluding diaryl/α,β-unsaturated/α-hetero) is 1. The first-order valence-electron chi connectivity index (χ1n) is 9.11. The van der Waals surface area contributed by atoms with Gasteiger partial charge in [0.1, 0.15) is 5.78 Å². The van der Waals surface area contributed by atoms with Gasteiger partial charge in [-0.1, -0.05) is 20.3 Å². The lowest BCUT2D eigenvalue weighted by atomic mass is 9.50. The number of fused-ring (bicyclic) bond motifs is 5. The van der Waals surface area contributed by atoms with E-state index in [0.29, 0.717) is 17.1 Å². The van der Waals surface area contributed by atoms with Gasteiger partial charge in [0.25, 0.3) is 0 Å². The number of carbonyl (C=O) groups excluding carboxylic acids is 1. The molecule has 4 rings (SSSR count). The zero-order chi connectivity index (χ0) is 13.9. The molecule has 0 bridgehead atoms. The molecule has 0 amide bonds. The van der Waals surface area contributed by atoms with Crippen molar-refractivity contribution in [3.05, 3.63) is 0 Å². The molecule has 1 nitrogen and oxygen atoms in total. The number of hydrogen-bond acceptors (Lipinski definition) is 1. The van der Waals surface area contributed by atoms with E-state index in [1.165, 1.54) is 51.4 Å². The van der Waals surface area contributed by atoms with E-state index >= 15 is 0 Å². The molecule has 0 radical (unpaired) electrons. The Morgan fingerprint density at radius 3 is 2.70 bits per heavy atom. The van der Waals surface area contributed by atoms with Crippen molar-refractivity contribution in [3.63, 3.8) is 0 Å². The maximum atomic E-state index is 12.0.